The van der Waals surface area contributed by atoms with Crippen LogP contribution in [0.15, 0.2) is 22.0 Å². The van der Waals surface area contributed by atoms with Gasteiger partial charge in [-0.2, -0.15) is 4.98 Å². The Kier molecular flexibility index (Phi) is 4.46. The van der Waals surface area contributed by atoms with Gasteiger partial charge in [0.2, 0.25) is 17.6 Å². The van der Waals surface area contributed by atoms with Crippen LogP contribution in [0.1, 0.15) is 19.2 Å². The zero-order valence-corrected chi connectivity index (χ0v) is 11.5. The van der Waals surface area contributed by atoms with Crippen LogP contribution in [0.4, 0.5) is 0 Å². The predicted octanol–water partition coefficient (Wildman–Crippen LogP) is 1.32. The van der Waals surface area contributed by atoms with Gasteiger partial charge in [-0.25, -0.2) is 0 Å². The molecule has 0 aliphatic carbocycles. The van der Waals surface area contributed by atoms with Crippen molar-refractivity contribution >= 4 is 23.2 Å². The minimum absolute atomic E-state index is 0.101. The number of hydrogen-bond acceptors (Lipinski definition) is 6. The first-order chi connectivity index (χ1) is 9.56. The summed E-state index contributed by atoms with van der Waals surface area (Å²) in [6, 6.07) is 2.85. The smallest absolute Gasteiger partial charge is 0.325 e. The van der Waals surface area contributed by atoms with Gasteiger partial charge in [0.1, 0.15) is 6.04 Å². The molecule has 0 unspecified atom stereocenters. The van der Waals surface area contributed by atoms with Crippen molar-refractivity contribution in [1.29, 1.82) is 0 Å². The van der Waals surface area contributed by atoms with Crippen LogP contribution in [0.5, 0.6) is 0 Å². The number of nitrogens with one attached hydrogen (secondary N) is 1. The molecule has 2 N–H and O–H groups in total. The highest BCUT2D eigenvalue weighted by Crippen LogP contribution is 2.21. The van der Waals surface area contributed by atoms with E-state index in [9.17, 15) is 9.59 Å². The van der Waals surface area contributed by atoms with Crippen LogP contribution < -0.4 is 5.32 Å². The van der Waals surface area contributed by atoms with Crippen molar-refractivity contribution in [2.75, 3.05) is 0 Å². The number of aliphatic carboxylic acids is 1. The molecule has 0 saturated carbocycles. The van der Waals surface area contributed by atoms with E-state index in [1.54, 1.807) is 0 Å². The Morgan fingerprint density at radius 2 is 2.35 bits per heavy atom. The van der Waals surface area contributed by atoms with E-state index in [-0.39, 0.29) is 18.7 Å². The Bertz CT molecular complexity index is 594. The minimum Gasteiger partial charge on any atom is -0.480 e. The Hall–Kier alpha value is -2.22. The zero-order valence-electron chi connectivity index (χ0n) is 10.7. The first-order valence-corrected chi connectivity index (χ1v) is 6.83. The average Bonchev–Trinajstić information content (AvgIpc) is 3.07. The van der Waals surface area contributed by atoms with Gasteiger partial charge in [0.25, 0.3) is 0 Å². The molecule has 0 fully saturated rings. The first kappa shape index (κ1) is 14.2. The van der Waals surface area contributed by atoms with Crippen LogP contribution >= 0.6 is 11.3 Å². The molecule has 106 valence electrons. The normalized spacial score (nSPS) is 12.1. The monoisotopic (exact) mass is 295 g/mol. The fourth-order valence-corrected chi connectivity index (χ4v) is 2.11. The van der Waals surface area contributed by atoms with Gasteiger partial charge in [0, 0.05) is 12.8 Å². The topological polar surface area (TPSA) is 105 Å². The fraction of sp³-hybridized carbons (Fsp3) is 0.333. The third kappa shape index (κ3) is 3.64. The number of carbonyl (C=O) groups excluding carboxylic acids is 1. The molecule has 0 radical (unpaired) electrons. The number of carboxylic acids is 1. The van der Waals surface area contributed by atoms with Crippen LogP contribution in [0.25, 0.3) is 10.7 Å². The SMILES string of the molecule is C[C@@H](NC(=O)CCc1nc(-c2cccs2)no1)C(=O)O. The van der Waals surface area contributed by atoms with Gasteiger partial charge in [-0.1, -0.05) is 11.2 Å². The molecular weight excluding hydrogens is 282 g/mol. The number of rotatable bonds is 6. The van der Waals surface area contributed by atoms with Crippen molar-refractivity contribution in [2.24, 2.45) is 0 Å². The van der Waals surface area contributed by atoms with E-state index in [0.29, 0.717) is 11.7 Å². The molecule has 2 aromatic rings. The lowest BCUT2D eigenvalue weighted by Crippen LogP contribution is -2.38. The van der Waals surface area contributed by atoms with E-state index in [2.05, 4.69) is 15.5 Å². The lowest BCUT2D eigenvalue weighted by atomic mass is 10.2. The van der Waals surface area contributed by atoms with E-state index in [1.165, 1.54) is 18.3 Å². The second-order valence-electron chi connectivity index (χ2n) is 4.12. The van der Waals surface area contributed by atoms with E-state index >= 15 is 0 Å². The van der Waals surface area contributed by atoms with Gasteiger partial charge < -0.3 is 14.9 Å². The molecule has 0 spiro atoms. The molecule has 1 atom stereocenters. The number of carbonyl (C=O) groups is 2. The summed E-state index contributed by atoms with van der Waals surface area (Å²) in [4.78, 5) is 27.2. The third-order valence-electron chi connectivity index (χ3n) is 2.52. The summed E-state index contributed by atoms with van der Waals surface area (Å²) >= 11 is 1.50. The van der Waals surface area contributed by atoms with Gasteiger partial charge in [-0.3, -0.25) is 9.59 Å². The van der Waals surface area contributed by atoms with Gasteiger partial charge in [-0.15, -0.1) is 11.3 Å². The maximum Gasteiger partial charge on any atom is 0.325 e. The molecule has 8 heteroatoms. The molecule has 0 aromatic carbocycles. The van der Waals surface area contributed by atoms with E-state index in [4.69, 9.17) is 9.63 Å². The second kappa shape index (κ2) is 6.29. The highest BCUT2D eigenvalue weighted by molar-refractivity contribution is 7.13. The maximum atomic E-state index is 11.5. The summed E-state index contributed by atoms with van der Waals surface area (Å²) in [6.45, 7) is 1.40. The molecule has 0 saturated heterocycles. The lowest BCUT2D eigenvalue weighted by Gasteiger charge is -2.07. The lowest BCUT2D eigenvalue weighted by molar-refractivity contribution is -0.141. The number of carboxylic acid groups (broad SMARTS) is 1. The average molecular weight is 295 g/mol. The highest BCUT2D eigenvalue weighted by Gasteiger charge is 2.15. The van der Waals surface area contributed by atoms with Crippen LogP contribution in [-0.2, 0) is 16.0 Å². The largest absolute Gasteiger partial charge is 0.480 e. The molecule has 7 nitrogen and oxygen atoms in total. The van der Waals surface area contributed by atoms with Crippen molar-refractivity contribution in [3.63, 3.8) is 0 Å². The minimum atomic E-state index is -1.07. The molecule has 0 aliphatic rings. The van der Waals surface area contributed by atoms with Gasteiger partial charge in [0.05, 0.1) is 4.88 Å². The number of thiophene rings is 1. The van der Waals surface area contributed by atoms with E-state index in [1.807, 2.05) is 17.5 Å². The first-order valence-electron chi connectivity index (χ1n) is 5.95. The highest BCUT2D eigenvalue weighted by atomic mass is 32.1. The Labute approximate surface area is 118 Å². The standard InChI is InChI=1S/C12H13N3O4S/c1-7(12(17)18)13-9(16)4-5-10-14-11(15-19-10)8-3-2-6-20-8/h2-3,6-7H,4-5H2,1H3,(H,13,16)(H,17,18)/t7-/m1/s1. The summed E-state index contributed by atoms with van der Waals surface area (Å²) in [6.07, 6.45) is 0.375. The van der Waals surface area contributed by atoms with Gasteiger partial charge >= 0.3 is 5.97 Å². The zero-order chi connectivity index (χ0) is 14.5. The van der Waals surface area contributed by atoms with Crippen molar-refractivity contribution in [3.05, 3.63) is 23.4 Å². The second-order valence-corrected chi connectivity index (χ2v) is 5.06. The van der Waals surface area contributed by atoms with Crippen molar-refractivity contribution < 1.29 is 19.2 Å². The number of nitrogens with zero attached hydrogens (tertiary/aromatic N) is 2. The molecule has 2 aromatic heterocycles. The Morgan fingerprint density at radius 3 is 3.00 bits per heavy atom. The van der Waals surface area contributed by atoms with Crippen LogP contribution in [0.2, 0.25) is 0 Å². The fourth-order valence-electron chi connectivity index (χ4n) is 1.46. The number of hydrogen-bond donors (Lipinski definition) is 2. The number of aryl methyl sites for hydroxylation is 1. The molecule has 2 rings (SSSR count). The maximum absolute atomic E-state index is 11.5. The molecule has 20 heavy (non-hydrogen) atoms. The van der Waals surface area contributed by atoms with Gasteiger partial charge in [-0.05, 0) is 18.4 Å². The van der Waals surface area contributed by atoms with E-state index < -0.39 is 12.0 Å². The number of aromatic nitrogens is 2. The summed E-state index contributed by atoms with van der Waals surface area (Å²) in [5.74, 6) is -0.590. The van der Waals surface area contributed by atoms with Crippen molar-refractivity contribution in [1.82, 2.24) is 15.5 Å². The number of amides is 1. The Morgan fingerprint density at radius 1 is 1.55 bits per heavy atom. The van der Waals surface area contributed by atoms with Crippen LogP contribution in [-0.4, -0.2) is 33.2 Å². The van der Waals surface area contributed by atoms with Crippen molar-refractivity contribution in [3.8, 4) is 10.7 Å². The van der Waals surface area contributed by atoms with Crippen molar-refractivity contribution in [2.45, 2.75) is 25.8 Å². The molecule has 0 aliphatic heterocycles. The Balaban J connectivity index is 1.86. The molecule has 2 heterocycles. The summed E-state index contributed by atoms with van der Waals surface area (Å²) < 4.78 is 5.04. The van der Waals surface area contributed by atoms with Gasteiger partial charge in [0.15, 0.2) is 0 Å². The summed E-state index contributed by atoms with van der Waals surface area (Å²) in [5, 5.41) is 16.8. The predicted molar refractivity (Wildman–Crippen MR) is 71.2 cm³/mol. The van der Waals surface area contributed by atoms with Crippen LogP contribution in [0, 0.1) is 0 Å². The summed E-state index contributed by atoms with van der Waals surface area (Å²) in [5.41, 5.74) is 0. The van der Waals surface area contributed by atoms with Crippen LogP contribution in [0.3, 0.4) is 0 Å². The molecule has 1 amide bonds. The van der Waals surface area contributed by atoms with E-state index in [0.717, 1.165) is 4.88 Å². The molecule has 0 bridgehead atoms. The quantitative estimate of drug-likeness (QED) is 0.832. The molecular formula is C12H13N3O4S. The summed E-state index contributed by atoms with van der Waals surface area (Å²) in [7, 11) is 0. The third-order valence-corrected chi connectivity index (χ3v) is 3.39.